The van der Waals surface area contributed by atoms with Crippen molar-refractivity contribution in [3.05, 3.63) is 77.9 Å². The highest BCUT2D eigenvalue weighted by Crippen LogP contribution is 2.42. The summed E-state index contributed by atoms with van der Waals surface area (Å²) in [5.74, 6) is -0.495. The number of hydrogen-bond donors (Lipinski definition) is 1. The second kappa shape index (κ2) is 11.9. The Balaban J connectivity index is 1.76. The molecule has 1 atom stereocenters. The van der Waals surface area contributed by atoms with Crippen LogP contribution in [0.3, 0.4) is 0 Å². The Labute approximate surface area is 211 Å². The quantitative estimate of drug-likeness (QED) is 0.235. The summed E-state index contributed by atoms with van der Waals surface area (Å²) in [6.45, 7) is 10.0. The molecule has 4 rings (SSSR count). The van der Waals surface area contributed by atoms with Crippen LogP contribution in [0.4, 0.5) is 0 Å². The molecule has 1 unspecified atom stereocenters. The lowest BCUT2D eigenvalue weighted by Crippen LogP contribution is -2.42. The highest BCUT2D eigenvalue weighted by atomic mass is 16.5. The Morgan fingerprint density at radius 1 is 1.08 bits per heavy atom. The fourth-order valence-corrected chi connectivity index (χ4v) is 4.51. The fraction of sp³-hybridized carbons (Fsp3) is 0.357. The van der Waals surface area contributed by atoms with Gasteiger partial charge in [-0.2, -0.15) is 0 Å². The second-order valence-corrected chi connectivity index (χ2v) is 8.55. The Kier molecular flexibility index (Phi) is 8.40. The summed E-state index contributed by atoms with van der Waals surface area (Å²) in [5.41, 5.74) is 1.20. The molecule has 2 fully saturated rings. The Bertz CT molecular complexity index is 1120. The maximum absolute atomic E-state index is 13.3. The Morgan fingerprint density at radius 2 is 1.83 bits per heavy atom. The number of nitrogens with zero attached hydrogens (tertiary/aromatic N) is 2. The minimum absolute atomic E-state index is 0.0652. The second-order valence-electron chi connectivity index (χ2n) is 8.55. The van der Waals surface area contributed by atoms with Crippen LogP contribution in [0.15, 0.2) is 66.8 Å². The number of aliphatic hydroxyl groups excluding tert-OH is 1. The number of amides is 1. The predicted molar refractivity (Wildman–Crippen MR) is 136 cm³/mol. The van der Waals surface area contributed by atoms with Crippen LogP contribution in [-0.4, -0.2) is 79.2 Å². The average Bonchev–Trinajstić information content (AvgIpc) is 3.17. The monoisotopic (exact) mass is 492 g/mol. The molecule has 2 aromatic carbocycles. The molecule has 0 bridgehead atoms. The zero-order valence-corrected chi connectivity index (χ0v) is 20.5. The van der Waals surface area contributed by atoms with Gasteiger partial charge in [0.15, 0.2) is 11.5 Å². The molecule has 2 heterocycles. The van der Waals surface area contributed by atoms with Crippen LogP contribution in [0.25, 0.3) is 5.76 Å². The van der Waals surface area contributed by atoms with Crippen LogP contribution < -0.4 is 9.47 Å². The smallest absolute Gasteiger partial charge is 0.295 e. The molecule has 0 spiro atoms. The van der Waals surface area contributed by atoms with Gasteiger partial charge in [-0.15, -0.1) is 0 Å². The van der Waals surface area contributed by atoms with E-state index in [4.69, 9.17) is 14.2 Å². The molecule has 36 heavy (non-hydrogen) atoms. The van der Waals surface area contributed by atoms with E-state index < -0.39 is 17.7 Å². The average molecular weight is 493 g/mol. The van der Waals surface area contributed by atoms with E-state index in [1.54, 1.807) is 53.4 Å². The van der Waals surface area contributed by atoms with Crippen molar-refractivity contribution in [2.24, 2.45) is 0 Å². The number of ketones is 1. The molecular weight excluding hydrogens is 460 g/mol. The van der Waals surface area contributed by atoms with E-state index in [-0.39, 0.29) is 11.3 Å². The third kappa shape index (κ3) is 5.45. The van der Waals surface area contributed by atoms with Gasteiger partial charge in [0.25, 0.3) is 11.7 Å². The van der Waals surface area contributed by atoms with Gasteiger partial charge in [-0.25, -0.2) is 0 Å². The molecule has 8 heteroatoms. The van der Waals surface area contributed by atoms with Gasteiger partial charge in [-0.05, 0) is 24.6 Å². The van der Waals surface area contributed by atoms with Crippen LogP contribution in [-0.2, 0) is 14.3 Å². The van der Waals surface area contributed by atoms with Gasteiger partial charge < -0.3 is 24.2 Å². The highest BCUT2D eigenvalue weighted by Gasteiger charge is 2.46. The topological polar surface area (TPSA) is 88.5 Å². The SMILES string of the molecule is C=CCOc1ccc(C2C(=C(O)c3ccccc3)C(=O)C(=O)N2CCN2CCOCC2)cc1OCC. The molecule has 1 amide bonds. The van der Waals surface area contributed by atoms with Crippen molar-refractivity contribution in [2.75, 3.05) is 52.6 Å². The van der Waals surface area contributed by atoms with Gasteiger partial charge in [-0.1, -0.05) is 49.1 Å². The van der Waals surface area contributed by atoms with Gasteiger partial charge in [0.1, 0.15) is 12.4 Å². The molecular formula is C28H32N2O6. The first-order valence-electron chi connectivity index (χ1n) is 12.2. The van der Waals surface area contributed by atoms with Crippen molar-refractivity contribution in [3.63, 3.8) is 0 Å². The van der Waals surface area contributed by atoms with Crippen LogP contribution in [0.2, 0.25) is 0 Å². The highest BCUT2D eigenvalue weighted by molar-refractivity contribution is 6.46. The number of benzene rings is 2. The number of aliphatic hydroxyl groups is 1. The van der Waals surface area contributed by atoms with Gasteiger partial charge in [0, 0.05) is 31.7 Å². The summed E-state index contributed by atoms with van der Waals surface area (Å²) in [4.78, 5) is 30.3. The van der Waals surface area contributed by atoms with Crippen LogP contribution in [0, 0.1) is 0 Å². The van der Waals surface area contributed by atoms with Crippen molar-refractivity contribution in [1.82, 2.24) is 9.80 Å². The van der Waals surface area contributed by atoms with E-state index in [0.29, 0.717) is 62.1 Å². The minimum Gasteiger partial charge on any atom is -0.507 e. The first-order chi connectivity index (χ1) is 17.5. The number of Topliss-reactive ketones (excluding diaryl/α,β-unsaturated/α-hetero) is 1. The first kappa shape index (κ1) is 25.5. The predicted octanol–water partition coefficient (Wildman–Crippen LogP) is 3.40. The number of carbonyl (C=O) groups excluding carboxylic acids is 2. The Hall–Kier alpha value is -3.62. The van der Waals surface area contributed by atoms with Crippen molar-refractivity contribution < 1.29 is 28.9 Å². The molecule has 0 aliphatic carbocycles. The van der Waals surface area contributed by atoms with Gasteiger partial charge in [0.05, 0.1) is 31.4 Å². The first-order valence-corrected chi connectivity index (χ1v) is 12.2. The largest absolute Gasteiger partial charge is 0.507 e. The van der Waals surface area contributed by atoms with Crippen LogP contribution >= 0.6 is 0 Å². The van der Waals surface area contributed by atoms with Gasteiger partial charge in [0.2, 0.25) is 0 Å². The third-order valence-electron chi connectivity index (χ3n) is 6.29. The summed E-state index contributed by atoms with van der Waals surface area (Å²) in [5, 5.41) is 11.2. The normalized spacial score (nSPS) is 19.9. The van der Waals surface area contributed by atoms with E-state index >= 15 is 0 Å². The lowest BCUT2D eigenvalue weighted by atomic mass is 9.95. The van der Waals surface area contributed by atoms with Crippen molar-refractivity contribution >= 4 is 17.4 Å². The Morgan fingerprint density at radius 3 is 2.53 bits per heavy atom. The van der Waals surface area contributed by atoms with Crippen LogP contribution in [0.5, 0.6) is 11.5 Å². The number of ether oxygens (including phenoxy) is 3. The maximum atomic E-state index is 13.3. The van der Waals surface area contributed by atoms with Gasteiger partial charge >= 0.3 is 0 Å². The number of rotatable bonds is 10. The molecule has 2 saturated heterocycles. The number of hydrogen-bond acceptors (Lipinski definition) is 7. The van der Waals surface area contributed by atoms with E-state index in [1.807, 2.05) is 13.0 Å². The molecule has 1 N–H and O–H groups in total. The number of carbonyl (C=O) groups is 2. The lowest BCUT2D eigenvalue weighted by Gasteiger charge is -2.31. The van der Waals surface area contributed by atoms with Crippen LogP contribution in [0.1, 0.15) is 24.1 Å². The van der Waals surface area contributed by atoms with E-state index in [9.17, 15) is 14.7 Å². The molecule has 0 aromatic heterocycles. The standard InChI is InChI=1S/C28H32N2O6/c1-3-16-36-22-11-10-21(19-23(22)35-4-2)25-24(26(31)20-8-6-5-7-9-20)27(32)28(33)30(25)13-12-29-14-17-34-18-15-29/h3,5-11,19,25,31H,1,4,12-18H2,2H3. The number of morpholine rings is 1. The third-order valence-corrected chi connectivity index (χ3v) is 6.29. The minimum atomic E-state index is -0.765. The van der Waals surface area contributed by atoms with E-state index in [0.717, 1.165) is 13.1 Å². The molecule has 2 aliphatic rings. The summed E-state index contributed by atoms with van der Waals surface area (Å²) >= 11 is 0. The lowest BCUT2D eigenvalue weighted by molar-refractivity contribution is -0.140. The number of likely N-dealkylation sites (tertiary alicyclic amines) is 1. The van der Waals surface area contributed by atoms with Gasteiger partial charge in [-0.3, -0.25) is 14.5 Å². The summed E-state index contributed by atoms with van der Waals surface area (Å²) in [7, 11) is 0. The van der Waals surface area contributed by atoms with Crippen molar-refractivity contribution in [2.45, 2.75) is 13.0 Å². The summed E-state index contributed by atoms with van der Waals surface area (Å²) in [6.07, 6.45) is 1.64. The van der Waals surface area contributed by atoms with E-state index in [1.165, 1.54) is 0 Å². The van der Waals surface area contributed by atoms with Crippen molar-refractivity contribution in [3.8, 4) is 11.5 Å². The molecule has 0 saturated carbocycles. The summed E-state index contributed by atoms with van der Waals surface area (Å²) in [6, 6.07) is 13.4. The molecule has 2 aliphatic heterocycles. The van der Waals surface area contributed by atoms with Crippen molar-refractivity contribution in [1.29, 1.82) is 0 Å². The van der Waals surface area contributed by atoms with E-state index in [2.05, 4.69) is 11.5 Å². The molecule has 2 aromatic rings. The molecule has 190 valence electrons. The zero-order chi connectivity index (χ0) is 25.5. The maximum Gasteiger partial charge on any atom is 0.295 e. The zero-order valence-electron chi connectivity index (χ0n) is 20.5. The molecule has 0 radical (unpaired) electrons. The molecule has 8 nitrogen and oxygen atoms in total. The fourth-order valence-electron chi connectivity index (χ4n) is 4.51. The summed E-state index contributed by atoms with van der Waals surface area (Å²) < 4.78 is 17.0.